The normalized spacial score (nSPS) is 13.7. The molecule has 0 spiro atoms. The van der Waals surface area contributed by atoms with Crippen LogP contribution in [0.15, 0.2) is 60.7 Å². The highest BCUT2D eigenvalue weighted by atomic mass is 32.1. The fourth-order valence-electron chi connectivity index (χ4n) is 3.71. The van der Waals surface area contributed by atoms with Gasteiger partial charge in [0.2, 0.25) is 0 Å². The van der Waals surface area contributed by atoms with E-state index in [1.165, 1.54) is 11.3 Å². The van der Waals surface area contributed by atoms with E-state index in [-0.39, 0.29) is 11.8 Å². The molecule has 0 radical (unpaired) electrons. The van der Waals surface area contributed by atoms with Gasteiger partial charge in [0.05, 0.1) is 16.5 Å². The van der Waals surface area contributed by atoms with Crippen LogP contribution in [0.2, 0.25) is 0 Å². The van der Waals surface area contributed by atoms with E-state index in [4.69, 9.17) is 0 Å². The van der Waals surface area contributed by atoms with Crippen molar-refractivity contribution in [1.29, 1.82) is 5.26 Å². The smallest absolute Gasteiger partial charge is 0.264 e. The fraction of sp³-hybridized carbons (Fsp3) is 0.208. The molecule has 0 aliphatic carbocycles. The molecule has 0 atom stereocenters. The number of hydrogen-bond donors (Lipinski definition) is 0. The van der Waals surface area contributed by atoms with Crippen molar-refractivity contribution in [2.45, 2.75) is 6.92 Å². The molecule has 1 saturated heterocycles. The highest BCUT2D eigenvalue weighted by molar-refractivity contribution is 7.13. The fourth-order valence-corrected chi connectivity index (χ4v) is 4.54. The van der Waals surface area contributed by atoms with E-state index in [0.29, 0.717) is 37.3 Å². The number of carbonyl (C=O) groups excluding carboxylic acids is 2. The number of amides is 2. The minimum Gasteiger partial charge on any atom is -0.335 e. The van der Waals surface area contributed by atoms with Gasteiger partial charge in [-0.1, -0.05) is 36.4 Å². The third-order valence-electron chi connectivity index (χ3n) is 5.30. The zero-order chi connectivity index (χ0) is 21.1. The maximum absolute atomic E-state index is 13.3. The molecule has 2 aromatic carbocycles. The second kappa shape index (κ2) is 8.52. The first-order chi connectivity index (χ1) is 14.6. The van der Waals surface area contributed by atoms with Crippen molar-refractivity contribution in [3.63, 3.8) is 0 Å². The van der Waals surface area contributed by atoms with Crippen molar-refractivity contribution in [3.8, 4) is 17.2 Å². The summed E-state index contributed by atoms with van der Waals surface area (Å²) in [6.07, 6.45) is 0. The molecule has 1 fully saturated rings. The first kappa shape index (κ1) is 19.9. The Morgan fingerprint density at radius 3 is 2.07 bits per heavy atom. The Hall–Kier alpha value is -3.43. The molecule has 150 valence electrons. The van der Waals surface area contributed by atoms with Crippen LogP contribution in [0, 0.1) is 18.3 Å². The molecule has 2 heterocycles. The summed E-state index contributed by atoms with van der Waals surface area (Å²) in [4.78, 5) is 31.4. The van der Waals surface area contributed by atoms with Gasteiger partial charge in [-0.3, -0.25) is 9.59 Å². The number of rotatable bonds is 3. The molecular formula is C24H21N3O2S. The van der Waals surface area contributed by atoms with Gasteiger partial charge in [-0.15, -0.1) is 11.3 Å². The lowest BCUT2D eigenvalue weighted by Crippen LogP contribution is -2.50. The molecule has 30 heavy (non-hydrogen) atoms. The number of nitrogens with zero attached hydrogens (tertiary/aromatic N) is 3. The Morgan fingerprint density at radius 2 is 1.43 bits per heavy atom. The number of benzene rings is 2. The van der Waals surface area contributed by atoms with Gasteiger partial charge in [0.15, 0.2) is 0 Å². The Morgan fingerprint density at radius 1 is 0.833 bits per heavy atom. The van der Waals surface area contributed by atoms with Crippen LogP contribution in [0.5, 0.6) is 0 Å². The third kappa shape index (κ3) is 3.85. The van der Waals surface area contributed by atoms with Crippen LogP contribution in [0.25, 0.3) is 11.1 Å². The van der Waals surface area contributed by atoms with Gasteiger partial charge in [-0.25, -0.2) is 0 Å². The summed E-state index contributed by atoms with van der Waals surface area (Å²) in [6.45, 7) is 3.99. The van der Waals surface area contributed by atoms with E-state index in [1.54, 1.807) is 17.0 Å². The number of carbonyl (C=O) groups is 2. The van der Waals surface area contributed by atoms with Crippen LogP contribution in [-0.2, 0) is 0 Å². The molecule has 1 aliphatic rings. The lowest BCUT2D eigenvalue weighted by atomic mass is 9.95. The predicted octanol–water partition coefficient (Wildman–Crippen LogP) is 4.19. The largest absolute Gasteiger partial charge is 0.335 e. The van der Waals surface area contributed by atoms with Gasteiger partial charge in [0, 0.05) is 42.2 Å². The van der Waals surface area contributed by atoms with E-state index >= 15 is 0 Å². The molecule has 0 N–H and O–H groups in total. The molecule has 0 saturated carbocycles. The third-order valence-corrected chi connectivity index (χ3v) is 6.29. The van der Waals surface area contributed by atoms with Crippen molar-refractivity contribution in [2.75, 3.05) is 26.2 Å². The van der Waals surface area contributed by atoms with Crippen LogP contribution in [0.1, 0.15) is 30.5 Å². The van der Waals surface area contributed by atoms with Gasteiger partial charge < -0.3 is 9.80 Å². The van der Waals surface area contributed by atoms with Crippen LogP contribution < -0.4 is 0 Å². The minimum absolute atomic E-state index is 0.0311. The summed E-state index contributed by atoms with van der Waals surface area (Å²) in [5.41, 5.74) is 2.63. The van der Waals surface area contributed by atoms with Crippen molar-refractivity contribution in [3.05, 3.63) is 81.5 Å². The zero-order valence-electron chi connectivity index (χ0n) is 16.7. The van der Waals surface area contributed by atoms with Crippen molar-refractivity contribution < 1.29 is 9.59 Å². The van der Waals surface area contributed by atoms with Crippen LogP contribution >= 0.6 is 11.3 Å². The summed E-state index contributed by atoms with van der Waals surface area (Å²) in [5, 5.41) is 9.45. The van der Waals surface area contributed by atoms with Crippen molar-refractivity contribution >= 4 is 23.2 Å². The molecular weight excluding hydrogens is 394 g/mol. The number of nitriles is 1. The highest BCUT2D eigenvalue weighted by Gasteiger charge is 2.27. The molecule has 1 aliphatic heterocycles. The van der Waals surface area contributed by atoms with Crippen LogP contribution in [-0.4, -0.2) is 47.8 Å². The van der Waals surface area contributed by atoms with Gasteiger partial charge in [-0.05, 0) is 36.8 Å². The van der Waals surface area contributed by atoms with Gasteiger partial charge in [-0.2, -0.15) is 5.26 Å². The van der Waals surface area contributed by atoms with Crippen molar-refractivity contribution in [1.82, 2.24) is 9.80 Å². The Labute approximate surface area is 179 Å². The lowest BCUT2D eigenvalue weighted by molar-refractivity contribution is 0.0538. The number of hydrogen-bond acceptors (Lipinski definition) is 4. The molecule has 5 nitrogen and oxygen atoms in total. The van der Waals surface area contributed by atoms with E-state index in [1.807, 2.05) is 60.4 Å². The predicted molar refractivity (Wildman–Crippen MR) is 117 cm³/mol. The van der Waals surface area contributed by atoms with Gasteiger partial charge in [0.1, 0.15) is 0 Å². The van der Waals surface area contributed by atoms with Crippen LogP contribution in [0.3, 0.4) is 0 Å². The molecule has 2 amide bonds. The quantitative estimate of drug-likeness (QED) is 0.644. The Balaban J connectivity index is 1.52. The van der Waals surface area contributed by atoms with Crippen LogP contribution in [0.4, 0.5) is 0 Å². The average molecular weight is 416 g/mol. The monoisotopic (exact) mass is 415 g/mol. The van der Waals surface area contributed by atoms with E-state index in [9.17, 15) is 14.9 Å². The van der Waals surface area contributed by atoms with E-state index < -0.39 is 0 Å². The van der Waals surface area contributed by atoms with Gasteiger partial charge in [0.25, 0.3) is 11.8 Å². The second-order valence-electron chi connectivity index (χ2n) is 7.20. The summed E-state index contributed by atoms with van der Waals surface area (Å²) in [7, 11) is 0. The maximum atomic E-state index is 13.3. The molecule has 4 rings (SSSR count). The SMILES string of the molecule is Cc1ccc(C(=O)N2CCN(C(=O)c3ccccc3-c3ccccc3C#N)CC2)s1. The molecule has 3 aromatic rings. The van der Waals surface area contributed by atoms with E-state index in [0.717, 1.165) is 20.9 Å². The van der Waals surface area contributed by atoms with Gasteiger partial charge >= 0.3 is 0 Å². The Kier molecular flexibility index (Phi) is 5.64. The second-order valence-corrected chi connectivity index (χ2v) is 8.49. The summed E-state index contributed by atoms with van der Waals surface area (Å²) < 4.78 is 0. The summed E-state index contributed by atoms with van der Waals surface area (Å²) in [5.74, 6) is -0.0408. The average Bonchev–Trinajstić information content (AvgIpc) is 3.24. The molecule has 1 aromatic heterocycles. The lowest BCUT2D eigenvalue weighted by Gasteiger charge is -2.35. The molecule has 6 heteroatoms. The minimum atomic E-state index is -0.0718. The number of piperazine rings is 1. The number of aryl methyl sites for hydroxylation is 1. The Bertz CT molecular complexity index is 1140. The maximum Gasteiger partial charge on any atom is 0.264 e. The summed E-state index contributed by atoms with van der Waals surface area (Å²) in [6, 6.07) is 20.7. The molecule has 0 bridgehead atoms. The summed E-state index contributed by atoms with van der Waals surface area (Å²) >= 11 is 1.50. The first-order valence-corrected chi connectivity index (χ1v) is 10.6. The first-order valence-electron chi connectivity index (χ1n) is 9.82. The zero-order valence-corrected chi connectivity index (χ0v) is 17.5. The standard InChI is InChI=1S/C24H21N3O2S/c1-17-10-11-22(30-17)24(29)27-14-12-26(13-15-27)23(28)21-9-5-4-8-20(21)19-7-3-2-6-18(19)16-25/h2-11H,12-15H2,1H3. The molecule has 0 unspecified atom stereocenters. The topological polar surface area (TPSA) is 64.4 Å². The van der Waals surface area contributed by atoms with Crippen molar-refractivity contribution in [2.24, 2.45) is 0 Å². The van der Waals surface area contributed by atoms with E-state index in [2.05, 4.69) is 6.07 Å². The highest BCUT2D eigenvalue weighted by Crippen LogP contribution is 2.28. The number of thiophene rings is 1.